The molecule has 0 bridgehead atoms. The van der Waals surface area contributed by atoms with Crippen LogP contribution in [0.2, 0.25) is 0 Å². The van der Waals surface area contributed by atoms with E-state index in [1.165, 1.54) is 5.56 Å². The molecule has 0 aliphatic heterocycles. The summed E-state index contributed by atoms with van der Waals surface area (Å²) in [5.74, 6) is 2.55. The van der Waals surface area contributed by atoms with Gasteiger partial charge in [0.15, 0.2) is 5.96 Å². The third kappa shape index (κ3) is 4.44. The van der Waals surface area contributed by atoms with Crippen molar-refractivity contribution in [1.82, 2.24) is 25.2 Å². The van der Waals surface area contributed by atoms with Crippen molar-refractivity contribution >= 4 is 5.96 Å². The molecule has 6 heteroatoms. The monoisotopic (exact) mass is 334 g/mol. The molecule has 0 fully saturated rings. The van der Waals surface area contributed by atoms with Crippen LogP contribution in [0.4, 0.5) is 0 Å². The zero-order valence-corrected chi connectivity index (χ0v) is 14.5. The van der Waals surface area contributed by atoms with Crippen LogP contribution < -0.4 is 10.6 Å². The maximum atomic E-state index is 4.50. The van der Waals surface area contributed by atoms with Crippen LogP contribution in [-0.2, 0) is 13.1 Å². The Kier molecular flexibility index (Phi) is 5.41. The van der Waals surface area contributed by atoms with Crippen molar-refractivity contribution in [3.63, 3.8) is 0 Å². The molecule has 0 radical (unpaired) electrons. The largest absolute Gasteiger partial charge is 0.352 e. The molecule has 2 aromatic heterocycles. The molecule has 2 N–H and O–H groups in total. The zero-order valence-electron chi connectivity index (χ0n) is 14.5. The lowest BCUT2D eigenvalue weighted by atomic mass is 10.2. The molecule has 3 aromatic rings. The first-order valence-corrected chi connectivity index (χ1v) is 8.20. The number of nitrogens with one attached hydrogen (secondary N) is 2. The van der Waals surface area contributed by atoms with Gasteiger partial charge in [-0.2, -0.15) is 0 Å². The second-order valence-corrected chi connectivity index (χ2v) is 5.63. The fraction of sp³-hybridized carbons (Fsp3) is 0.211. The maximum Gasteiger partial charge on any atom is 0.191 e. The highest BCUT2D eigenvalue weighted by Crippen LogP contribution is 2.08. The topological polar surface area (TPSA) is 67.1 Å². The van der Waals surface area contributed by atoms with Crippen molar-refractivity contribution in [3.05, 3.63) is 78.0 Å². The number of hydrogen-bond acceptors (Lipinski definition) is 3. The number of pyridine rings is 1. The average molecular weight is 334 g/mol. The third-order valence-corrected chi connectivity index (χ3v) is 3.87. The van der Waals surface area contributed by atoms with Crippen molar-refractivity contribution in [2.75, 3.05) is 7.05 Å². The van der Waals surface area contributed by atoms with E-state index in [0.29, 0.717) is 6.54 Å². The molecule has 128 valence electrons. The summed E-state index contributed by atoms with van der Waals surface area (Å²) in [6.07, 6.45) is 5.55. The lowest BCUT2D eigenvalue weighted by Crippen LogP contribution is -2.36. The number of aliphatic imine (C=N–C) groups is 1. The molecule has 3 rings (SSSR count). The van der Waals surface area contributed by atoms with Gasteiger partial charge < -0.3 is 10.6 Å². The second kappa shape index (κ2) is 8.10. The van der Waals surface area contributed by atoms with E-state index in [0.717, 1.165) is 29.7 Å². The molecule has 0 aliphatic carbocycles. The van der Waals surface area contributed by atoms with E-state index in [1.807, 2.05) is 48.1 Å². The van der Waals surface area contributed by atoms with Crippen LogP contribution >= 0.6 is 0 Å². The third-order valence-electron chi connectivity index (χ3n) is 3.87. The Morgan fingerprint density at radius 1 is 1.00 bits per heavy atom. The minimum absolute atomic E-state index is 0.657. The minimum Gasteiger partial charge on any atom is -0.352 e. The second-order valence-electron chi connectivity index (χ2n) is 5.63. The zero-order chi connectivity index (χ0) is 17.5. The van der Waals surface area contributed by atoms with E-state index in [-0.39, 0.29) is 0 Å². The highest BCUT2D eigenvalue weighted by molar-refractivity contribution is 5.79. The summed E-state index contributed by atoms with van der Waals surface area (Å²) in [6.45, 7) is 3.35. The van der Waals surface area contributed by atoms with Gasteiger partial charge in [-0.25, -0.2) is 9.97 Å². The molecule has 0 saturated heterocycles. The summed E-state index contributed by atoms with van der Waals surface area (Å²) in [7, 11) is 1.77. The number of aromatic nitrogens is 3. The molecule has 2 heterocycles. The van der Waals surface area contributed by atoms with Gasteiger partial charge in [-0.3, -0.25) is 9.56 Å². The van der Waals surface area contributed by atoms with Crippen LogP contribution in [0.25, 0.3) is 5.82 Å². The molecule has 6 nitrogen and oxygen atoms in total. The molecule has 0 aliphatic rings. The Morgan fingerprint density at radius 2 is 1.76 bits per heavy atom. The number of guanidine groups is 1. The predicted molar refractivity (Wildman–Crippen MR) is 99.6 cm³/mol. The Bertz CT molecular complexity index is 821. The van der Waals surface area contributed by atoms with Crippen molar-refractivity contribution in [1.29, 1.82) is 0 Å². The fourth-order valence-corrected chi connectivity index (χ4v) is 2.47. The van der Waals surface area contributed by atoms with Gasteiger partial charge in [0.05, 0.1) is 0 Å². The van der Waals surface area contributed by atoms with Crippen molar-refractivity contribution in [2.45, 2.75) is 20.0 Å². The number of imidazole rings is 1. The lowest BCUT2D eigenvalue weighted by Gasteiger charge is -2.12. The van der Waals surface area contributed by atoms with E-state index in [1.54, 1.807) is 13.2 Å². The van der Waals surface area contributed by atoms with E-state index in [2.05, 4.69) is 43.8 Å². The first kappa shape index (κ1) is 16.7. The first-order valence-electron chi connectivity index (χ1n) is 8.20. The van der Waals surface area contributed by atoms with Gasteiger partial charge in [0.1, 0.15) is 11.6 Å². The number of benzene rings is 1. The number of rotatable bonds is 5. The van der Waals surface area contributed by atoms with Gasteiger partial charge in [-0.05, 0) is 24.1 Å². The Hall–Kier alpha value is -3.15. The van der Waals surface area contributed by atoms with Crippen LogP contribution in [0.5, 0.6) is 0 Å². The van der Waals surface area contributed by atoms with E-state index in [4.69, 9.17) is 0 Å². The SMILES string of the molecule is CN=C(NCc1ccccc1)NCc1ccc(-n2ccnc2C)nc1. The van der Waals surface area contributed by atoms with Crippen molar-refractivity contribution < 1.29 is 0 Å². The molecule has 0 spiro atoms. The van der Waals surface area contributed by atoms with Crippen LogP contribution in [-0.4, -0.2) is 27.5 Å². The van der Waals surface area contributed by atoms with Gasteiger partial charge in [0.25, 0.3) is 0 Å². The van der Waals surface area contributed by atoms with Gasteiger partial charge in [-0.1, -0.05) is 36.4 Å². The molecular formula is C19H22N6. The number of hydrogen-bond donors (Lipinski definition) is 2. The summed E-state index contributed by atoms with van der Waals surface area (Å²) in [6, 6.07) is 14.3. The highest BCUT2D eigenvalue weighted by Gasteiger charge is 2.03. The van der Waals surface area contributed by atoms with Gasteiger partial charge in [0, 0.05) is 38.7 Å². The molecule has 0 atom stereocenters. The molecule has 1 aromatic carbocycles. The Morgan fingerprint density at radius 3 is 2.36 bits per heavy atom. The smallest absolute Gasteiger partial charge is 0.191 e. The van der Waals surface area contributed by atoms with Crippen molar-refractivity contribution in [3.8, 4) is 5.82 Å². The molecular weight excluding hydrogens is 312 g/mol. The highest BCUT2D eigenvalue weighted by atomic mass is 15.2. The summed E-state index contributed by atoms with van der Waals surface area (Å²) >= 11 is 0. The van der Waals surface area contributed by atoms with Crippen LogP contribution in [0, 0.1) is 6.92 Å². The predicted octanol–water partition coefficient (Wildman–Crippen LogP) is 2.44. The Labute approximate surface area is 147 Å². The van der Waals surface area contributed by atoms with E-state index >= 15 is 0 Å². The van der Waals surface area contributed by atoms with Crippen LogP contribution in [0.15, 0.2) is 66.0 Å². The van der Waals surface area contributed by atoms with Gasteiger partial charge in [-0.15, -0.1) is 0 Å². The summed E-state index contributed by atoms with van der Waals surface area (Å²) < 4.78 is 1.96. The number of aryl methyl sites for hydroxylation is 1. The fourth-order valence-electron chi connectivity index (χ4n) is 2.47. The molecule has 0 amide bonds. The standard InChI is InChI=1S/C19H22N6/c1-15-21-10-11-25(15)18-9-8-17(13-22-18)14-24-19(20-2)23-12-16-6-4-3-5-7-16/h3-11,13H,12,14H2,1-2H3,(H2,20,23,24). The van der Waals surface area contributed by atoms with E-state index in [9.17, 15) is 0 Å². The van der Waals surface area contributed by atoms with Crippen molar-refractivity contribution in [2.24, 2.45) is 4.99 Å². The minimum atomic E-state index is 0.657. The number of nitrogens with zero attached hydrogens (tertiary/aromatic N) is 4. The maximum absolute atomic E-state index is 4.50. The van der Waals surface area contributed by atoms with Crippen LogP contribution in [0.3, 0.4) is 0 Å². The Balaban J connectivity index is 1.54. The average Bonchev–Trinajstić information content (AvgIpc) is 3.09. The normalized spacial score (nSPS) is 11.4. The quantitative estimate of drug-likeness (QED) is 0.555. The van der Waals surface area contributed by atoms with Gasteiger partial charge in [0.2, 0.25) is 0 Å². The molecule has 25 heavy (non-hydrogen) atoms. The summed E-state index contributed by atoms with van der Waals surface area (Å²) in [5.41, 5.74) is 2.30. The van der Waals surface area contributed by atoms with E-state index < -0.39 is 0 Å². The summed E-state index contributed by atoms with van der Waals surface area (Å²) in [4.78, 5) is 13.0. The van der Waals surface area contributed by atoms with Gasteiger partial charge >= 0.3 is 0 Å². The van der Waals surface area contributed by atoms with Crippen LogP contribution in [0.1, 0.15) is 17.0 Å². The molecule has 0 unspecified atom stereocenters. The first-order chi connectivity index (χ1) is 12.3. The summed E-state index contributed by atoms with van der Waals surface area (Å²) in [5, 5.41) is 6.60. The molecule has 0 saturated carbocycles. The lowest BCUT2D eigenvalue weighted by molar-refractivity contribution is 0.805.